The molecule has 26 heavy (non-hydrogen) atoms. The Kier molecular flexibility index (Phi) is 4.08. The Morgan fingerprint density at radius 2 is 2.00 bits per heavy atom. The van der Waals surface area contributed by atoms with Gasteiger partial charge < -0.3 is 5.32 Å². The zero-order valence-electron chi connectivity index (χ0n) is 14.2. The smallest absolute Gasteiger partial charge is 0.151 e. The Morgan fingerprint density at radius 3 is 2.73 bits per heavy atom. The van der Waals surface area contributed by atoms with E-state index in [0.717, 1.165) is 33.7 Å². The lowest BCUT2D eigenvalue weighted by Gasteiger charge is -2.11. The number of hydrogen-bond acceptors (Lipinski definition) is 5. The van der Waals surface area contributed by atoms with Gasteiger partial charge in [0.05, 0.1) is 17.3 Å². The van der Waals surface area contributed by atoms with Crippen molar-refractivity contribution in [3.05, 3.63) is 72.2 Å². The van der Waals surface area contributed by atoms with E-state index in [4.69, 9.17) is 10.2 Å². The van der Waals surface area contributed by atoms with Gasteiger partial charge in [-0.15, -0.1) is 0 Å². The quantitative estimate of drug-likeness (QED) is 0.571. The van der Waals surface area contributed by atoms with Crippen molar-refractivity contribution in [2.75, 3.05) is 5.32 Å². The van der Waals surface area contributed by atoms with Gasteiger partial charge in [-0.3, -0.25) is 4.98 Å². The fourth-order valence-corrected chi connectivity index (χ4v) is 2.76. The first-order valence-corrected chi connectivity index (χ1v) is 8.23. The van der Waals surface area contributed by atoms with Gasteiger partial charge in [0.2, 0.25) is 0 Å². The van der Waals surface area contributed by atoms with Crippen molar-refractivity contribution in [2.45, 2.75) is 6.54 Å². The van der Waals surface area contributed by atoms with Gasteiger partial charge in [0.1, 0.15) is 13.7 Å². The van der Waals surface area contributed by atoms with E-state index >= 15 is 0 Å². The van der Waals surface area contributed by atoms with Gasteiger partial charge in [0.15, 0.2) is 5.65 Å². The summed E-state index contributed by atoms with van der Waals surface area (Å²) in [6.07, 6.45) is 5.40. The van der Waals surface area contributed by atoms with Gasteiger partial charge >= 0.3 is 0 Å². The number of benzene rings is 1. The molecular weight excluding hydrogens is 323 g/mol. The highest BCUT2D eigenvalue weighted by atomic mass is 15.3. The molecule has 4 rings (SSSR count). The van der Waals surface area contributed by atoms with Gasteiger partial charge in [0.25, 0.3) is 0 Å². The van der Waals surface area contributed by atoms with E-state index in [1.165, 1.54) is 0 Å². The number of anilines is 1. The Balaban J connectivity index is 1.74. The van der Waals surface area contributed by atoms with Gasteiger partial charge in [-0.25, -0.2) is 4.98 Å². The van der Waals surface area contributed by atoms with Crippen molar-refractivity contribution in [1.29, 1.82) is 5.26 Å². The van der Waals surface area contributed by atoms with Crippen LogP contribution in [0.1, 0.15) is 11.1 Å². The maximum absolute atomic E-state index is 8.98. The second kappa shape index (κ2) is 6.69. The average Bonchev–Trinajstić information content (AvgIpc) is 3.08. The van der Waals surface area contributed by atoms with Crippen molar-refractivity contribution >= 4 is 24.8 Å². The van der Waals surface area contributed by atoms with E-state index in [-0.39, 0.29) is 0 Å². The molecule has 0 aliphatic carbocycles. The lowest BCUT2D eigenvalue weighted by molar-refractivity contribution is 0.925. The van der Waals surface area contributed by atoms with Gasteiger partial charge in [-0.05, 0) is 29.2 Å². The van der Waals surface area contributed by atoms with Crippen LogP contribution in [0.2, 0.25) is 0 Å². The highest BCUT2D eigenvalue weighted by Crippen LogP contribution is 2.22. The van der Waals surface area contributed by atoms with E-state index in [0.29, 0.717) is 12.1 Å². The molecule has 0 bridgehead atoms. The monoisotopic (exact) mass is 338 g/mol. The largest absolute Gasteiger partial charge is 0.366 e. The number of pyridine rings is 1. The van der Waals surface area contributed by atoms with Crippen LogP contribution in [0.5, 0.6) is 0 Å². The zero-order chi connectivity index (χ0) is 17.9. The Morgan fingerprint density at radius 1 is 1.15 bits per heavy atom. The maximum Gasteiger partial charge on any atom is 0.151 e. The molecule has 6 nitrogen and oxygen atoms in total. The maximum atomic E-state index is 8.98. The van der Waals surface area contributed by atoms with Crippen molar-refractivity contribution in [2.24, 2.45) is 0 Å². The predicted molar refractivity (Wildman–Crippen MR) is 103 cm³/mol. The lowest BCUT2D eigenvalue weighted by atomic mass is 10.0. The molecular formula is C19H15BN6. The number of nitrogens with zero attached hydrogens (tertiary/aromatic N) is 5. The lowest BCUT2D eigenvalue weighted by Crippen LogP contribution is -2.09. The SMILES string of the molecule is Bc1cnn2c(NCc3cccnc3)cc(-c3ccc(C#N)cc3)nc12. The number of aromatic nitrogens is 4. The molecule has 0 radical (unpaired) electrons. The molecule has 1 N–H and O–H groups in total. The van der Waals surface area contributed by atoms with E-state index in [1.807, 2.05) is 44.4 Å². The third-order valence-corrected chi connectivity index (χ3v) is 4.15. The molecule has 0 saturated heterocycles. The van der Waals surface area contributed by atoms with E-state index in [1.54, 1.807) is 29.0 Å². The first kappa shape index (κ1) is 15.8. The molecule has 4 aromatic rings. The van der Waals surface area contributed by atoms with Crippen LogP contribution < -0.4 is 10.8 Å². The van der Waals surface area contributed by atoms with Crippen molar-refractivity contribution in [1.82, 2.24) is 19.6 Å². The fourth-order valence-electron chi connectivity index (χ4n) is 2.76. The minimum absolute atomic E-state index is 0.630. The van der Waals surface area contributed by atoms with Crippen LogP contribution in [0, 0.1) is 11.3 Å². The number of nitrogens with one attached hydrogen (secondary N) is 1. The second-order valence-corrected chi connectivity index (χ2v) is 5.99. The molecule has 0 amide bonds. The highest BCUT2D eigenvalue weighted by Gasteiger charge is 2.10. The molecule has 7 heteroatoms. The standard InChI is InChI=1S/C19H15BN6/c20-16-12-24-26-18(23-11-14-2-1-7-22-10-14)8-17(25-19(16)26)15-5-3-13(9-21)4-6-15/h1-8,10,12,23H,11,20H2. The summed E-state index contributed by atoms with van der Waals surface area (Å²) in [5.41, 5.74) is 5.31. The van der Waals surface area contributed by atoms with E-state index in [9.17, 15) is 0 Å². The normalized spacial score (nSPS) is 10.6. The van der Waals surface area contributed by atoms with Crippen molar-refractivity contribution in [3.63, 3.8) is 0 Å². The summed E-state index contributed by atoms with van der Waals surface area (Å²) in [7, 11) is 1.99. The molecule has 0 atom stereocenters. The van der Waals surface area contributed by atoms with Crippen LogP contribution in [0.4, 0.5) is 5.82 Å². The topological polar surface area (TPSA) is 78.9 Å². The van der Waals surface area contributed by atoms with Gasteiger partial charge in [-0.1, -0.05) is 18.2 Å². The number of rotatable bonds is 4. The molecule has 124 valence electrons. The van der Waals surface area contributed by atoms with Crippen LogP contribution in [0.3, 0.4) is 0 Å². The molecule has 3 aromatic heterocycles. The molecule has 0 saturated carbocycles. The van der Waals surface area contributed by atoms with Crippen LogP contribution in [-0.4, -0.2) is 27.4 Å². The summed E-state index contributed by atoms with van der Waals surface area (Å²) in [6, 6.07) is 15.5. The molecule has 0 spiro atoms. The Labute approximate surface area is 151 Å². The molecule has 1 aromatic carbocycles. The van der Waals surface area contributed by atoms with Crippen LogP contribution in [-0.2, 0) is 6.54 Å². The zero-order valence-corrected chi connectivity index (χ0v) is 14.2. The first-order chi connectivity index (χ1) is 12.7. The number of nitriles is 1. The summed E-state index contributed by atoms with van der Waals surface area (Å²) in [4.78, 5) is 8.89. The second-order valence-electron chi connectivity index (χ2n) is 5.99. The van der Waals surface area contributed by atoms with E-state index < -0.39 is 0 Å². The van der Waals surface area contributed by atoms with Crippen LogP contribution in [0.15, 0.2) is 61.1 Å². The molecule has 3 heterocycles. The van der Waals surface area contributed by atoms with Gasteiger partial charge in [-0.2, -0.15) is 14.9 Å². The van der Waals surface area contributed by atoms with E-state index in [2.05, 4.69) is 21.5 Å². The first-order valence-electron chi connectivity index (χ1n) is 8.23. The van der Waals surface area contributed by atoms with Gasteiger partial charge in [0, 0.05) is 36.8 Å². The fraction of sp³-hybridized carbons (Fsp3) is 0.0526. The minimum Gasteiger partial charge on any atom is -0.366 e. The van der Waals surface area contributed by atoms with Crippen LogP contribution in [0.25, 0.3) is 16.9 Å². The number of hydrogen-bond donors (Lipinski definition) is 1. The van der Waals surface area contributed by atoms with Crippen molar-refractivity contribution < 1.29 is 0 Å². The summed E-state index contributed by atoms with van der Waals surface area (Å²) < 4.78 is 1.80. The third kappa shape index (κ3) is 3.00. The van der Waals surface area contributed by atoms with Crippen molar-refractivity contribution in [3.8, 4) is 17.3 Å². The molecule has 0 unspecified atom stereocenters. The summed E-state index contributed by atoms with van der Waals surface area (Å²) in [5.74, 6) is 0.853. The van der Waals surface area contributed by atoms with Crippen LogP contribution >= 0.6 is 0 Å². The summed E-state index contributed by atoms with van der Waals surface area (Å²) in [5, 5.41) is 16.8. The molecule has 0 aliphatic heterocycles. The summed E-state index contributed by atoms with van der Waals surface area (Å²) in [6.45, 7) is 0.638. The predicted octanol–water partition coefficient (Wildman–Crippen LogP) is 1.53. The minimum atomic E-state index is 0.630. The Hall–Kier alpha value is -3.66. The Bertz CT molecular complexity index is 1100. The average molecular weight is 338 g/mol. The third-order valence-electron chi connectivity index (χ3n) is 4.15. The summed E-state index contributed by atoms with van der Waals surface area (Å²) >= 11 is 0. The number of fused-ring (bicyclic) bond motifs is 1. The molecule has 0 aliphatic rings. The highest BCUT2D eigenvalue weighted by molar-refractivity contribution is 6.36. The molecule has 0 fully saturated rings.